The normalized spacial score (nSPS) is 13.5. The third-order valence-corrected chi connectivity index (χ3v) is 5.59. The van der Waals surface area contributed by atoms with Crippen molar-refractivity contribution < 1.29 is 18.0 Å². The minimum absolute atomic E-state index is 0.103. The maximum Gasteiger partial charge on any atom is 0.416 e. The topological polar surface area (TPSA) is 87.9 Å². The van der Waals surface area contributed by atoms with Crippen LogP contribution in [-0.2, 0) is 23.8 Å². The van der Waals surface area contributed by atoms with Gasteiger partial charge in [-0.05, 0) is 47.9 Å². The van der Waals surface area contributed by atoms with Crippen molar-refractivity contribution in [2.24, 2.45) is 0 Å². The summed E-state index contributed by atoms with van der Waals surface area (Å²) < 4.78 is 38.9. The van der Waals surface area contributed by atoms with Crippen LogP contribution in [0.25, 0.3) is 22.4 Å². The number of anilines is 2. The van der Waals surface area contributed by atoms with Gasteiger partial charge in [-0.2, -0.15) is 13.2 Å². The van der Waals surface area contributed by atoms with E-state index >= 15 is 0 Å². The van der Waals surface area contributed by atoms with Gasteiger partial charge in [-0.3, -0.25) is 4.79 Å². The van der Waals surface area contributed by atoms with E-state index in [1.807, 2.05) is 24.3 Å². The van der Waals surface area contributed by atoms with Gasteiger partial charge in [0, 0.05) is 24.0 Å². The molecule has 3 heterocycles. The number of rotatable bonds is 3. The van der Waals surface area contributed by atoms with Crippen molar-refractivity contribution in [1.82, 2.24) is 15.0 Å². The van der Waals surface area contributed by atoms with Crippen LogP contribution in [0.1, 0.15) is 16.7 Å². The van der Waals surface area contributed by atoms with Crippen molar-refractivity contribution in [2.75, 3.05) is 17.2 Å². The number of carbonyl (C=O) groups is 1. The molecule has 0 unspecified atom stereocenters. The second-order valence-electron chi connectivity index (χ2n) is 7.69. The monoisotopic (exact) mass is 437 g/mol. The van der Waals surface area contributed by atoms with Gasteiger partial charge >= 0.3 is 6.18 Å². The number of H-pyrrole nitrogens is 1. The van der Waals surface area contributed by atoms with Crippen molar-refractivity contribution in [2.45, 2.75) is 19.0 Å². The van der Waals surface area contributed by atoms with E-state index in [2.05, 4.69) is 15.0 Å². The number of nitrogen functional groups attached to an aromatic ring is 1. The highest BCUT2D eigenvalue weighted by Crippen LogP contribution is 2.33. The molecule has 32 heavy (non-hydrogen) atoms. The molecule has 0 saturated carbocycles. The number of nitrogens with two attached hydrogens (primary N) is 1. The summed E-state index contributed by atoms with van der Waals surface area (Å²) >= 11 is 0. The first-order valence-electron chi connectivity index (χ1n) is 10.00. The second kappa shape index (κ2) is 7.37. The van der Waals surface area contributed by atoms with Crippen LogP contribution in [0.15, 0.2) is 54.7 Å². The fourth-order valence-corrected chi connectivity index (χ4v) is 4.02. The first-order chi connectivity index (χ1) is 15.3. The summed E-state index contributed by atoms with van der Waals surface area (Å²) in [7, 11) is 0. The predicted molar refractivity (Wildman–Crippen MR) is 115 cm³/mol. The Labute approximate surface area is 180 Å². The first-order valence-corrected chi connectivity index (χ1v) is 10.00. The average molecular weight is 437 g/mol. The molecule has 4 aromatic rings. The van der Waals surface area contributed by atoms with Gasteiger partial charge in [0.1, 0.15) is 11.5 Å². The smallest absolute Gasteiger partial charge is 0.383 e. The molecule has 6 nitrogen and oxygen atoms in total. The SMILES string of the molecule is Nc1nc(-c2ccc3c(c2)CCN3C(=O)Cc2cccc(C(F)(F)F)c2)nc2[nH]ccc12. The van der Waals surface area contributed by atoms with Gasteiger partial charge in [0.2, 0.25) is 5.91 Å². The van der Waals surface area contributed by atoms with Crippen LogP contribution in [0.4, 0.5) is 24.7 Å². The highest BCUT2D eigenvalue weighted by atomic mass is 19.4. The van der Waals surface area contributed by atoms with Crippen molar-refractivity contribution in [3.8, 4) is 11.4 Å². The third-order valence-electron chi connectivity index (χ3n) is 5.59. The lowest BCUT2D eigenvalue weighted by Crippen LogP contribution is -2.30. The Kier molecular flexibility index (Phi) is 4.61. The Balaban J connectivity index is 1.39. The molecule has 0 aliphatic carbocycles. The molecule has 0 atom stereocenters. The Morgan fingerprint density at radius 1 is 1.12 bits per heavy atom. The molecule has 5 rings (SSSR count). The number of amides is 1. The van der Waals surface area contributed by atoms with Gasteiger partial charge in [-0.15, -0.1) is 0 Å². The van der Waals surface area contributed by atoms with Gasteiger partial charge in [0.05, 0.1) is 17.4 Å². The number of nitrogens with zero attached hydrogens (tertiary/aromatic N) is 3. The minimum Gasteiger partial charge on any atom is -0.383 e. The first kappa shape index (κ1) is 20.0. The number of halogens is 3. The van der Waals surface area contributed by atoms with E-state index in [4.69, 9.17) is 5.73 Å². The summed E-state index contributed by atoms with van der Waals surface area (Å²) in [5, 5.41) is 0.751. The molecule has 0 saturated heterocycles. The number of nitrogens with one attached hydrogen (secondary N) is 1. The molecule has 1 aliphatic heterocycles. The van der Waals surface area contributed by atoms with Gasteiger partial charge in [-0.25, -0.2) is 9.97 Å². The van der Waals surface area contributed by atoms with Crippen LogP contribution >= 0.6 is 0 Å². The summed E-state index contributed by atoms with van der Waals surface area (Å²) in [5.41, 5.74) is 8.73. The minimum atomic E-state index is -4.44. The van der Waals surface area contributed by atoms with Gasteiger partial charge < -0.3 is 15.6 Å². The maximum absolute atomic E-state index is 13.0. The van der Waals surface area contributed by atoms with Crippen molar-refractivity contribution >= 4 is 28.4 Å². The second-order valence-corrected chi connectivity index (χ2v) is 7.69. The van der Waals surface area contributed by atoms with Crippen LogP contribution in [0, 0.1) is 0 Å². The van der Waals surface area contributed by atoms with E-state index in [-0.39, 0.29) is 12.3 Å². The summed E-state index contributed by atoms with van der Waals surface area (Å²) in [6.45, 7) is 0.468. The quantitative estimate of drug-likeness (QED) is 0.499. The van der Waals surface area contributed by atoms with Crippen LogP contribution in [0.2, 0.25) is 0 Å². The van der Waals surface area contributed by atoms with Crippen molar-refractivity contribution in [3.63, 3.8) is 0 Å². The number of alkyl halides is 3. The standard InChI is InChI=1S/C23H18F3N5O/c24-23(25,26)16-3-1-2-13(10-16)11-19(32)31-9-7-14-12-15(4-5-18(14)31)21-29-20(27)17-6-8-28-22(17)30-21/h1-6,8,10,12H,7,9,11H2,(H3,27,28,29,30). The highest BCUT2D eigenvalue weighted by molar-refractivity contribution is 5.97. The maximum atomic E-state index is 13.0. The fourth-order valence-electron chi connectivity index (χ4n) is 4.02. The number of hydrogen-bond acceptors (Lipinski definition) is 4. The number of aromatic amines is 1. The third kappa shape index (κ3) is 3.55. The number of hydrogen-bond donors (Lipinski definition) is 2. The van der Waals surface area contributed by atoms with E-state index in [1.54, 1.807) is 11.1 Å². The Bertz CT molecular complexity index is 1350. The summed E-state index contributed by atoms with van der Waals surface area (Å²) in [6.07, 6.45) is -2.16. The number of fused-ring (bicyclic) bond motifs is 2. The highest BCUT2D eigenvalue weighted by Gasteiger charge is 2.31. The number of benzene rings is 2. The molecule has 0 spiro atoms. The largest absolute Gasteiger partial charge is 0.416 e. The van der Waals surface area contributed by atoms with Gasteiger partial charge in [0.15, 0.2) is 5.82 Å². The zero-order chi connectivity index (χ0) is 22.5. The molecular weight excluding hydrogens is 419 g/mol. The Morgan fingerprint density at radius 3 is 2.78 bits per heavy atom. The van der Waals surface area contributed by atoms with Crippen LogP contribution in [0.3, 0.4) is 0 Å². The lowest BCUT2D eigenvalue weighted by atomic mass is 10.1. The van der Waals surface area contributed by atoms with Gasteiger partial charge in [-0.1, -0.05) is 18.2 Å². The fraction of sp³-hybridized carbons (Fsp3) is 0.174. The van der Waals surface area contributed by atoms with E-state index in [1.165, 1.54) is 12.1 Å². The van der Waals surface area contributed by atoms with Crippen molar-refractivity contribution in [1.29, 1.82) is 0 Å². The van der Waals surface area contributed by atoms with Crippen LogP contribution < -0.4 is 10.6 Å². The molecule has 2 aromatic heterocycles. The molecule has 2 aromatic carbocycles. The molecule has 0 fully saturated rings. The molecule has 1 amide bonds. The molecular formula is C23H18F3N5O. The predicted octanol–water partition coefficient (Wildman–Crippen LogP) is 4.36. The Hall–Kier alpha value is -3.88. The zero-order valence-electron chi connectivity index (χ0n) is 16.8. The molecule has 0 radical (unpaired) electrons. The molecule has 3 N–H and O–H groups in total. The van der Waals surface area contributed by atoms with Crippen LogP contribution in [0.5, 0.6) is 0 Å². The van der Waals surface area contributed by atoms with E-state index < -0.39 is 11.7 Å². The summed E-state index contributed by atoms with van der Waals surface area (Å²) in [6, 6.07) is 12.3. The zero-order valence-corrected chi connectivity index (χ0v) is 16.8. The molecule has 0 bridgehead atoms. The lowest BCUT2D eigenvalue weighted by Gasteiger charge is -2.18. The number of carbonyl (C=O) groups excluding carboxylic acids is 1. The average Bonchev–Trinajstić information content (AvgIpc) is 3.40. The van der Waals surface area contributed by atoms with E-state index in [0.717, 1.165) is 34.3 Å². The molecule has 1 aliphatic rings. The van der Waals surface area contributed by atoms with E-state index in [9.17, 15) is 18.0 Å². The van der Waals surface area contributed by atoms with Crippen molar-refractivity contribution in [3.05, 3.63) is 71.4 Å². The Morgan fingerprint density at radius 2 is 1.97 bits per heavy atom. The summed E-state index contributed by atoms with van der Waals surface area (Å²) in [5.74, 6) is 0.614. The van der Waals surface area contributed by atoms with Crippen LogP contribution in [-0.4, -0.2) is 27.4 Å². The van der Waals surface area contributed by atoms with Gasteiger partial charge in [0.25, 0.3) is 0 Å². The molecule has 9 heteroatoms. The number of aromatic nitrogens is 3. The molecule has 162 valence electrons. The lowest BCUT2D eigenvalue weighted by molar-refractivity contribution is -0.137. The summed E-state index contributed by atoms with van der Waals surface area (Å²) in [4.78, 5) is 26.4. The van der Waals surface area contributed by atoms with E-state index in [0.29, 0.717) is 35.8 Å².